The molecule has 5 nitrogen and oxygen atoms in total. The number of benzene rings is 1. The summed E-state index contributed by atoms with van der Waals surface area (Å²) in [6.45, 7) is 7.96. The second-order valence-electron chi connectivity index (χ2n) is 7.97. The first-order chi connectivity index (χ1) is 14.1. The van der Waals surface area contributed by atoms with E-state index in [9.17, 15) is 4.79 Å². The number of hydrogen-bond donors (Lipinski definition) is 0. The molecule has 0 radical (unpaired) electrons. The van der Waals surface area contributed by atoms with Gasteiger partial charge in [0.25, 0.3) is 0 Å². The molecule has 0 bridgehead atoms. The number of amides is 1. The summed E-state index contributed by atoms with van der Waals surface area (Å²) in [6, 6.07) is 8.68. The molecule has 2 fully saturated rings. The highest BCUT2D eigenvalue weighted by Gasteiger charge is 2.26. The Bertz CT molecular complexity index is 821. The van der Waals surface area contributed by atoms with Crippen molar-refractivity contribution in [3.63, 3.8) is 0 Å². The fourth-order valence-corrected chi connectivity index (χ4v) is 5.58. The molecular weight excluding hydrogens is 406 g/mol. The lowest BCUT2D eigenvalue weighted by Crippen LogP contribution is -2.51. The van der Waals surface area contributed by atoms with Gasteiger partial charge in [0.2, 0.25) is 5.91 Å². The molecule has 2 saturated heterocycles. The van der Waals surface area contributed by atoms with Crippen molar-refractivity contribution in [1.29, 1.82) is 0 Å². The summed E-state index contributed by atoms with van der Waals surface area (Å²) in [5, 5.41) is 3.46. The smallest absolute Gasteiger partial charge is 0.219 e. The normalized spacial score (nSPS) is 21.8. The maximum atomic E-state index is 11.4. The summed E-state index contributed by atoms with van der Waals surface area (Å²) in [7, 11) is 0. The molecule has 1 amide bonds. The molecular formula is C22H30ClN3O2S. The lowest BCUT2D eigenvalue weighted by molar-refractivity contribution is -0.131. The van der Waals surface area contributed by atoms with Crippen LogP contribution in [-0.2, 0) is 9.53 Å². The zero-order valence-corrected chi connectivity index (χ0v) is 18.6. The van der Waals surface area contributed by atoms with Crippen LogP contribution in [0.5, 0.6) is 0 Å². The third kappa shape index (κ3) is 5.05. The molecule has 2 aliphatic rings. The summed E-state index contributed by atoms with van der Waals surface area (Å²) in [4.78, 5) is 18.1. The van der Waals surface area contributed by atoms with E-state index in [4.69, 9.17) is 16.3 Å². The second-order valence-corrected chi connectivity index (χ2v) is 9.42. The number of halogens is 1. The predicted octanol–water partition coefficient (Wildman–Crippen LogP) is 4.01. The Hall–Kier alpha value is -1.34. The highest BCUT2D eigenvalue weighted by atomic mass is 35.5. The molecule has 3 heterocycles. The molecule has 4 rings (SSSR count). The van der Waals surface area contributed by atoms with Crippen LogP contribution >= 0.6 is 22.9 Å². The van der Waals surface area contributed by atoms with Crippen LogP contribution in [0, 0.1) is 0 Å². The van der Waals surface area contributed by atoms with Gasteiger partial charge >= 0.3 is 0 Å². The molecule has 0 aliphatic carbocycles. The lowest BCUT2D eigenvalue weighted by Gasteiger charge is -2.40. The van der Waals surface area contributed by atoms with Gasteiger partial charge in [-0.1, -0.05) is 17.7 Å². The molecule has 1 unspecified atom stereocenters. The first kappa shape index (κ1) is 20.9. The van der Waals surface area contributed by atoms with Crippen LogP contribution in [0.1, 0.15) is 26.2 Å². The van der Waals surface area contributed by atoms with Crippen LogP contribution in [0.25, 0.3) is 10.1 Å². The maximum absolute atomic E-state index is 11.4. The quantitative estimate of drug-likeness (QED) is 0.390. The van der Waals surface area contributed by atoms with Crippen molar-refractivity contribution in [2.75, 3.05) is 50.8 Å². The van der Waals surface area contributed by atoms with Crippen molar-refractivity contribution < 1.29 is 9.53 Å². The Balaban J connectivity index is 1.19. The van der Waals surface area contributed by atoms with Crippen molar-refractivity contribution in [3.05, 3.63) is 29.6 Å². The number of carbonyl (C=O) groups excluding carboxylic acids is 1. The zero-order valence-electron chi connectivity index (χ0n) is 17.1. The van der Waals surface area contributed by atoms with Gasteiger partial charge in [-0.05, 0) is 42.8 Å². The third-order valence-corrected chi connectivity index (χ3v) is 7.30. The average Bonchev–Trinajstić information content (AvgIpc) is 3.21. The van der Waals surface area contributed by atoms with Crippen LogP contribution < -0.4 is 4.90 Å². The number of fused-ring (bicyclic) bond motifs is 1. The first-order valence-electron chi connectivity index (χ1n) is 10.6. The number of anilines is 1. The molecule has 158 valence electrons. The van der Waals surface area contributed by atoms with E-state index < -0.39 is 0 Å². The standard InChI is InChI=1S/C22H30ClN3O2S/c1-17(27)25-10-6-18(7-11-25)28-14-3-9-24-12-13-26(22(23)16-24)20-4-2-5-21-19(20)8-15-29-21/h2,4-5,8,15,18,22H,3,6-7,9-14,16H2,1H3. The number of carbonyl (C=O) groups is 1. The summed E-state index contributed by atoms with van der Waals surface area (Å²) >= 11 is 8.56. The number of nitrogens with zero attached hydrogens (tertiary/aromatic N) is 3. The summed E-state index contributed by atoms with van der Waals surface area (Å²) in [6.07, 6.45) is 3.23. The number of hydrogen-bond acceptors (Lipinski definition) is 5. The van der Waals surface area contributed by atoms with E-state index in [0.29, 0.717) is 6.10 Å². The Morgan fingerprint density at radius 1 is 1.21 bits per heavy atom. The van der Waals surface area contributed by atoms with E-state index in [0.717, 1.165) is 65.1 Å². The van der Waals surface area contributed by atoms with Crippen LogP contribution in [0.2, 0.25) is 0 Å². The minimum absolute atomic E-state index is 0.00826. The molecule has 7 heteroatoms. The van der Waals surface area contributed by atoms with Gasteiger partial charge in [0.1, 0.15) is 5.50 Å². The largest absolute Gasteiger partial charge is 0.378 e. The fourth-order valence-electron chi connectivity index (χ4n) is 4.37. The van der Waals surface area contributed by atoms with E-state index in [1.54, 1.807) is 18.3 Å². The zero-order chi connectivity index (χ0) is 20.2. The Morgan fingerprint density at radius 2 is 2.03 bits per heavy atom. The molecule has 1 atom stereocenters. The fraction of sp³-hybridized carbons (Fsp3) is 0.591. The molecule has 1 aromatic heterocycles. The maximum Gasteiger partial charge on any atom is 0.219 e. The Morgan fingerprint density at radius 3 is 2.79 bits per heavy atom. The molecule has 0 spiro atoms. The molecule has 1 aromatic carbocycles. The highest BCUT2D eigenvalue weighted by Crippen LogP contribution is 2.33. The minimum Gasteiger partial charge on any atom is -0.378 e. The van der Waals surface area contributed by atoms with Crippen LogP contribution in [0.3, 0.4) is 0 Å². The van der Waals surface area contributed by atoms with E-state index >= 15 is 0 Å². The van der Waals surface area contributed by atoms with Gasteiger partial charge in [0.15, 0.2) is 0 Å². The van der Waals surface area contributed by atoms with Gasteiger partial charge in [-0.25, -0.2) is 0 Å². The van der Waals surface area contributed by atoms with Crippen LogP contribution in [-0.4, -0.2) is 73.2 Å². The molecule has 2 aromatic rings. The first-order valence-corrected chi connectivity index (χ1v) is 11.9. The highest BCUT2D eigenvalue weighted by molar-refractivity contribution is 7.17. The van der Waals surface area contributed by atoms with E-state index in [-0.39, 0.29) is 11.4 Å². The number of alkyl halides is 1. The van der Waals surface area contributed by atoms with Crippen molar-refractivity contribution in [1.82, 2.24) is 9.80 Å². The second kappa shape index (κ2) is 9.65. The van der Waals surface area contributed by atoms with E-state index in [1.807, 2.05) is 4.90 Å². The monoisotopic (exact) mass is 435 g/mol. The predicted molar refractivity (Wildman–Crippen MR) is 121 cm³/mol. The lowest BCUT2D eigenvalue weighted by atomic mass is 10.1. The van der Waals surface area contributed by atoms with Crippen LogP contribution in [0.4, 0.5) is 5.69 Å². The van der Waals surface area contributed by atoms with Crippen LogP contribution in [0.15, 0.2) is 29.6 Å². The average molecular weight is 436 g/mol. The van der Waals surface area contributed by atoms with Crippen molar-refractivity contribution >= 4 is 44.6 Å². The number of rotatable bonds is 6. The van der Waals surface area contributed by atoms with E-state index in [2.05, 4.69) is 39.4 Å². The van der Waals surface area contributed by atoms with Gasteiger partial charge in [-0.15, -0.1) is 11.3 Å². The number of piperazine rings is 1. The van der Waals surface area contributed by atoms with Gasteiger partial charge in [-0.2, -0.15) is 0 Å². The van der Waals surface area contributed by atoms with Gasteiger partial charge in [0.05, 0.1) is 6.10 Å². The Kier molecular flexibility index (Phi) is 6.96. The third-order valence-electron chi connectivity index (χ3n) is 6.05. The van der Waals surface area contributed by atoms with Gasteiger partial charge < -0.3 is 14.5 Å². The number of likely N-dealkylation sites (tertiary alicyclic amines) is 1. The summed E-state index contributed by atoms with van der Waals surface area (Å²) < 4.78 is 7.37. The summed E-state index contributed by atoms with van der Waals surface area (Å²) in [5.41, 5.74) is 1.25. The topological polar surface area (TPSA) is 36.0 Å². The van der Waals surface area contributed by atoms with Crippen molar-refractivity contribution in [2.24, 2.45) is 0 Å². The molecule has 0 saturated carbocycles. The SMILES string of the molecule is CC(=O)N1CCC(OCCCN2CCN(c3cccc4sccc34)C(Cl)C2)CC1. The number of thiophene rings is 1. The molecule has 0 N–H and O–H groups in total. The van der Waals surface area contributed by atoms with Crippen molar-refractivity contribution in [3.8, 4) is 0 Å². The van der Waals surface area contributed by atoms with Gasteiger partial charge in [-0.3, -0.25) is 9.69 Å². The van der Waals surface area contributed by atoms with E-state index in [1.165, 1.54) is 15.8 Å². The van der Waals surface area contributed by atoms with Gasteiger partial charge in [0, 0.05) is 68.6 Å². The van der Waals surface area contributed by atoms with Crippen molar-refractivity contribution in [2.45, 2.75) is 37.8 Å². The number of ether oxygens (including phenoxy) is 1. The Labute approximate surface area is 182 Å². The minimum atomic E-state index is -0.00826. The molecule has 29 heavy (non-hydrogen) atoms. The molecule has 2 aliphatic heterocycles. The number of piperidine rings is 1. The summed E-state index contributed by atoms with van der Waals surface area (Å²) in [5.74, 6) is 0.174.